The lowest BCUT2D eigenvalue weighted by Crippen LogP contribution is -2.47. The molecule has 0 aliphatic heterocycles. The van der Waals surface area contributed by atoms with Gasteiger partial charge in [0.1, 0.15) is 5.60 Å². The summed E-state index contributed by atoms with van der Waals surface area (Å²) >= 11 is 0. The number of fused-ring (bicyclic) bond motifs is 1. The van der Waals surface area contributed by atoms with E-state index in [0.717, 1.165) is 52.6 Å². The lowest BCUT2D eigenvalue weighted by molar-refractivity contribution is 0.00729. The summed E-state index contributed by atoms with van der Waals surface area (Å²) < 4.78 is 7.41. The highest BCUT2D eigenvalue weighted by molar-refractivity contribution is 5.98. The zero-order valence-electron chi connectivity index (χ0n) is 25.8. The Kier molecular flexibility index (Phi) is 9.21. The van der Waals surface area contributed by atoms with E-state index in [-0.39, 0.29) is 23.7 Å². The number of carbonyl (C=O) groups excluding carboxylic acids is 1. The fourth-order valence-corrected chi connectivity index (χ4v) is 5.40. The van der Waals surface area contributed by atoms with Crippen LogP contribution in [0.15, 0.2) is 77.7 Å². The van der Waals surface area contributed by atoms with Gasteiger partial charge >= 0.3 is 6.09 Å². The monoisotopic (exact) mass is 563 g/mol. The number of rotatable bonds is 8. The van der Waals surface area contributed by atoms with Gasteiger partial charge in [-0.3, -0.25) is 9.36 Å². The Hall–Kier alpha value is -4.37. The summed E-state index contributed by atoms with van der Waals surface area (Å²) in [6.07, 6.45) is 4.09. The average Bonchev–Trinajstić information content (AvgIpc) is 2.97. The van der Waals surface area contributed by atoms with Crippen LogP contribution in [0.4, 0.5) is 4.79 Å². The second-order valence-corrected chi connectivity index (χ2v) is 12.1. The van der Waals surface area contributed by atoms with Gasteiger partial charge in [0, 0.05) is 29.4 Å². The van der Waals surface area contributed by atoms with E-state index in [0.29, 0.717) is 10.9 Å². The van der Waals surface area contributed by atoms with E-state index in [2.05, 4.69) is 39.0 Å². The molecule has 0 aliphatic carbocycles. The number of nitriles is 1. The maximum atomic E-state index is 13.7. The summed E-state index contributed by atoms with van der Waals surface area (Å²) in [5.74, 6) is 0. The number of aryl methyl sites for hydroxylation is 2. The van der Waals surface area contributed by atoms with Gasteiger partial charge in [-0.2, -0.15) is 5.26 Å². The molecule has 42 heavy (non-hydrogen) atoms. The van der Waals surface area contributed by atoms with E-state index in [4.69, 9.17) is 10.00 Å². The largest absolute Gasteiger partial charge is 0.444 e. The minimum Gasteiger partial charge on any atom is -0.444 e. The van der Waals surface area contributed by atoms with Crippen LogP contribution in [-0.4, -0.2) is 33.2 Å². The van der Waals surface area contributed by atoms with Gasteiger partial charge in [0.2, 0.25) is 0 Å². The summed E-state index contributed by atoms with van der Waals surface area (Å²) in [5.41, 5.74) is 4.88. The van der Waals surface area contributed by atoms with E-state index in [1.807, 2.05) is 81.3 Å². The molecule has 0 spiro atoms. The molecule has 6 heteroatoms. The molecule has 0 fully saturated rings. The predicted octanol–water partition coefficient (Wildman–Crippen LogP) is 8.19. The molecule has 1 heterocycles. The van der Waals surface area contributed by atoms with E-state index >= 15 is 0 Å². The minimum absolute atomic E-state index is 0.0190. The fraction of sp³-hybridized carbons (Fsp3) is 0.361. The zero-order valence-corrected chi connectivity index (χ0v) is 25.8. The van der Waals surface area contributed by atoms with Crippen LogP contribution in [0, 0.1) is 18.3 Å². The lowest BCUT2D eigenvalue weighted by atomic mass is 9.96. The highest BCUT2D eigenvalue weighted by Gasteiger charge is 2.29. The number of ether oxygens (including phenoxy) is 1. The van der Waals surface area contributed by atoms with E-state index < -0.39 is 5.60 Å². The molecule has 0 bridgehead atoms. The Morgan fingerprint density at radius 1 is 1.00 bits per heavy atom. The highest BCUT2D eigenvalue weighted by atomic mass is 16.6. The van der Waals surface area contributed by atoms with E-state index in [1.165, 1.54) is 0 Å². The molecule has 2 unspecified atom stereocenters. The van der Waals surface area contributed by atoms with Gasteiger partial charge in [-0.15, -0.1) is 0 Å². The van der Waals surface area contributed by atoms with Crippen LogP contribution in [0.3, 0.4) is 0 Å². The number of aromatic nitrogens is 1. The predicted molar refractivity (Wildman–Crippen MR) is 170 cm³/mol. The number of nitrogens with zero attached hydrogens (tertiary/aromatic N) is 3. The summed E-state index contributed by atoms with van der Waals surface area (Å²) in [5, 5.41) is 10.7. The SMILES string of the molecule is CCC(C)N(C(=O)OC(C)(C)C)C(C)CCc1ccc(-n2cc(C)c3c(-c4ccc(C#N)cc4)cccc3c2=O)cc1. The summed E-state index contributed by atoms with van der Waals surface area (Å²) in [6, 6.07) is 23.6. The molecule has 6 nitrogen and oxygen atoms in total. The van der Waals surface area contributed by atoms with Crippen molar-refractivity contribution < 1.29 is 9.53 Å². The second-order valence-electron chi connectivity index (χ2n) is 12.1. The number of hydrogen-bond acceptors (Lipinski definition) is 4. The first kappa shape index (κ1) is 30.6. The number of carbonyl (C=O) groups is 1. The van der Waals surface area contributed by atoms with Gasteiger partial charge in [0.25, 0.3) is 5.56 Å². The highest BCUT2D eigenvalue weighted by Crippen LogP contribution is 2.30. The van der Waals surface area contributed by atoms with Gasteiger partial charge in [-0.05, 0) is 119 Å². The second kappa shape index (κ2) is 12.7. The molecule has 4 aromatic rings. The summed E-state index contributed by atoms with van der Waals surface area (Å²) in [4.78, 5) is 28.5. The van der Waals surface area contributed by atoms with Crippen LogP contribution >= 0.6 is 0 Å². The molecule has 3 aromatic carbocycles. The normalized spacial score (nSPS) is 12.9. The minimum atomic E-state index is -0.539. The number of benzene rings is 3. The van der Waals surface area contributed by atoms with Crippen LogP contribution in [0.1, 0.15) is 71.1 Å². The topological polar surface area (TPSA) is 75.3 Å². The first-order valence-electron chi connectivity index (χ1n) is 14.7. The maximum absolute atomic E-state index is 13.7. The first-order valence-corrected chi connectivity index (χ1v) is 14.7. The van der Waals surface area contributed by atoms with Crippen LogP contribution < -0.4 is 5.56 Å². The Balaban J connectivity index is 1.56. The molecule has 0 N–H and O–H groups in total. The van der Waals surface area contributed by atoms with E-state index in [9.17, 15) is 9.59 Å². The van der Waals surface area contributed by atoms with Crippen LogP contribution in [0.2, 0.25) is 0 Å². The molecule has 2 atom stereocenters. The Bertz CT molecular complexity index is 1660. The Morgan fingerprint density at radius 3 is 2.26 bits per heavy atom. The molecule has 0 saturated carbocycles. The zero-order chi connectivity index (χ0) is 30.6. The standard InChI is InChI=1S/C36H41N3O3/c1-8-25(3)39(35(41)42-36(5,6)7)26(4)12-13-27-16-20-30(21-17-27)38-23-24(2)33-31(10-9-11-32(33)34(38)40)29-18-14-28(22-37)15-19-29/h9-11,14-21,23,25-26H,8,12-13H2,1-7H3. The quantitative estimate of drug-likeness (QED) is 0.217. The number of pyridine rings is 1. The maximum Gasteiger partial charge on any atom is 0.410 e. The Morgan fingerprint density at radius 2 is 1.67 bits per heavy atom. The van der Waals surface area contributed by atoms with Crippen molar-refractivity contribution in [1.29, 1.82) is 5.26 Å². The summed E-state index contributed by atoms with van der Waals surface area (Å²) in [7, 11) is 0. The Labute approximate surface area is 249 Å². The molecule has 0 aliphatic rings. The smallest absolute Gasteiger partial charge is 0.410 e. The van der Waals surface area contributed by atoms with Crippen molar-refractivity contribution in [2.24, 2.45) is 0 Å². The molecule has 0 radical (unpaired) electrons. The van der Waals surface area contributed by atoms with E-state index in [1.54, 1.807) is 16.7 Å². The van der Waals surface area contributed by atoms with Crippen LogP contribution in [0.25, 0.3) is 27.6 Å². The summed E-state index contributed by atoms with van der Waals surface area (Å²) in [6.45, 7) is 13.9. The van der Waals surface area contributed by atoms with Crippen molar-refractivity contribution in [2.75, 3.05) is 0 Å². The van der Waals surface area contributed by atoms with Crippen molar-refractivity contribution in [2.45, 2.75) is 85.4 Å². The first-order chi connectivity index (χ1) is 19.9. The molecular weight excluding hydrogens is 522 g/mol. The molecule has 1 aromatic heterocycles. The fourth-order valence-electron chi connectivity index (χ4n) is 5.40. The molecule has 0 saturated heterocycles. The van der Waals surface area contributed by atoms with Crippen molar-refractivity contribution in [3.8, 4) is 22.9 Å². The van der Waals surface area contributed by atoms with Gasteiger partial charge in [-0.1, -0.05) is 43.3 Å². The van der Waals surface area contributed by atoms with Gasteiger partial charge < -0.3 is 9.64 Å². The van der Waals surface area contributed by atoms with Crippen LogP contribution in [0.5, 0.6) is 0 Å². The van der Waals surface area contributed by atoms with Crippen LogP contribution in [-0.2, 0) is 11.2 Å². The third-order valence-electron chi connectivity index (χ3n) is 7.77. The molecular formula is C36H41N3O3. The molecule has 218 valence electrons. The number of hydrogen-bond donors (Lipinski definition) is 0. The van der Waals surface area contributed by atoms with Gasteiger partial charge in [0.05, 0.1) is 11.6 Å². The van der Waals surface area contributed by atoms with Crippen molar-refractivity contribution in [3.63, 3.8) is 0 Å². The lowest BCUT2D eigenvalue weighted by Gasteiger charge is -2.35. The van der Waals surface area contributed by atoms with Gasteiger partial charge in [-0.25, -0.2) is 4.79 Å². The number of amides is 1. The van der Waals surface area contributed by atoms with Crippen molar-refractivity contribution in [3.05, 3.63) is 100.0 Å². The van der Waals surface area contributed by atoms with Gasteiger partial charge in [0.15, 0.2) is 0 Å². The third-order valence-corrected chi connectivity index (χ3v) is 7.77. The van der Waals surface area contributed by atoms with Crippen molar-refractivity contribution >= 4 is 16.9 Å². The molecule has 4 rings (SSSR count). The molecule has 1 amide bonds. The average molecular weight is 564 g/mol. The van der Waals surface area contributed by atoms with Crippen molar-refractivity contribution in [1.82, 2.24) is 9.47 Å². The third kappa shape index (κ3) is 6.74.